The molecule has 1 unspecified atom stereocenters. The SMILES string of the molecule is CCN(CC)C(CNCC(C)(C)C)c1ccccc1. The van der Waals surface area contributed by atoms with Crippen LogP contribution in [-0.4, -0.2) is 31.1 Å². The van der Waals surface area contributed by atoms with Crippen LogP contribution in [0.25, 0.3) is 0 Å². The molecule has 19 heavy (non-hydrogen) atoms. The lowest BCUT2D eigenvalue weighted by molar-refractivity contribution is 0.207. The second-order valence-corrected chi connectivity index (χ2v) is 6.34. The van der Waals surface area contributed by atoms with Gasteiger partial charge in [0, 0.05) is 19.1 Å². The van der Waals surface area contributed by atoms with Gasteiger partial charge in [0.1, 0.15) is 0 Å². The lowest BCUT2D eigenvalue weighted by Gasteiger charge is -2.31. The van der Waals surface area contributed by atoms with Crippen LogP contribution in [0.5, 0.6) is 0 Å². The molecule has 0 amide bonds. The molecule has 1 N–H and O–H groups in total. The monoisotopic (exact) mass is 262 g/mol. The highest BCUT2D eigenvalue weighted by atomic mass is 15.2. The van der Waals surface area contributed by atoms with E-state index in [4.69, 9.17) is 0 Å². The van der Waals surface area contributed by atoms with Gasteiger partial charge in [0.2, 0.25) is 0 Å². The van der Waals surface area contributed by atoms with Crippen molar-refractivity contribution in [3.05, 3.63) is 35.9 Å². The van der Waals surface area contributed by atoms with E-state index in [1.165, 1.54) is 5.56 Å². The summed E-state index contributed by atoms with van der Waals surface area (Å²) >= 11 is 0. The second-order valence-electron chi connectivity index (χ2n) is 6.34. The van der Waals surface area contributed by atoms with E-state index in [-0.39, 0.29) is 0 Å². The highest BCUT2D eigenvalue weighted by Gasteiger charge is 2.18. The Balaban J connectivity index is 2.71. The van der Waals surface area contributed by atoms with Crippen molar-refractivity contribution >= 4 is 0 Å². The van der Waals surface area contributed by atoms with Gasteiger partial charge in [0.25, 0.3) is 0 Å². The summed E-state index contributed by atoms with van der Waals surface area (Å²) in [6.45, 7) is 15.5. The molecule has 0 radical (unpaired) electrons. The molecule has 0 aliphatic rings. The summed E-state index contributed by atoms with van der Waals surface area (Å²) in [5.41, 5.74) is 1.75. The minimum Gasteiger partial charge on any atom is -0.314 e. The van der Waals surface area contributed by atoms with Crippen LogP contribution in [-0.2, 0) is 0 Å². The third-order valence-electron chi connectivity index (χ3n) is 3.43. The largest absolute Gasteiger partial charge is 0.314 e. The Morgan fingerprint density at radius 3 is 2.11 bits per heavy atom. The van der Waals surface area contributed by atoms with Gasteiger partial charge in [-0.3, -0.25) is 4.90 Å². The van der Waals surface area contributed by atoms with Crippen molar-refractivity contribution < 1.29 is 0 Å². The molecule has 108 valence electrons. The molecule has 0 saturated carbocycles. The van der Waals surface area contributed by atoms with E-state index in [1.807, 2.05) is 0 Å². The van der Waals surface area contributed by atoms with Gasteiger partial charge in [-0.1, -0.05) is 65.0 Å². The number of likely N-dealkylation sites (N-methyl/N-ethyl adjacent to an activating group) is 1. The molecule has 1 aromatic rings. The fraction of sp³-hybridized carbons (Fsp3) is 0.647. The van der Waals surface area contributed by atoms with Gasteiger partial charge >= 0.3 is 0 Å². The fourth-order valence-electron chi connectivity index (χ4n) is 2.38. The molecule has 0 saturated heterocycles. The van der Waals surface area contributed by atoms with Crippen LogP contribution in [0.15, 0.2) is 30.3 Å². The van der Waals surface area contributed by atoms with E-state index in [2.05, 4.69) is 75.2 Å². The maximum absolute atomic E-state index is 3.63. The topological polar surface area (TPSA) is 15.3 Å². The van der Waals surface area contributed by atoms with Gasteiger partial charge in [-0.25, -0.2) is 0 Å². The average molecular weight is 262 g/mol. The number of nitrogens with zero attached hydrogens (tertiary/aromatic N) is 1. The molecule has 1 aromatic carbocycles. The molecule has 2 nitrogen and oxygen atoms in total. The van der Waals surface area contributed by atoms with Crippen LogP contribution in [0.4, 0.5) is 0 Å². The fourth-order valence-corrected chi connectivity index (χ4v) is 2.38. The first-order valence-electron chi connectivity index (χ1n) is 7.47. The van der Waals surface area contributed by atoms with Gasteiger partial charge in [-0.2, -0.15) is 0 Å². The van der Waals surface area contributed by atoms with Crippen molar-refractivity contribution in [3.63, 3.8) is 0 Å². The Labute approximate surface area is 119 Å². The van der Waals surface area contributed by atoms with Crippen LogP contribution in [0.3, 0.4) is 0 Å². The van der Waals surface area contributed by atoms with E-state index in [0.717, 1.165) is 26.2 Å². The van der Waals surface area contributed by atoms with Crippen LogP contribution < -0.4 is 5.32 Å². The zero-order valence-electron chi connectivity index (χ0n) is 13.2. The molecule has 1 atom stereocenters. The molecule has 0 aromatic heterocycles. The van der Waals surface area contributed by atoms with Crippen molar-refractivity contribution in [1.29, 1.82) is 0 Å². The Kier molecular flexibility index (Phi) is 6.53. The van der Waals surface area contributed by atoms with Crippen molar-refractivity contribution in [3.8, 4) is 0 Å². The Morgan fingerprint density at radius 1 is 1.05 bits per heavy atom. The zero-order valence-corrected chi connectivity index (χ0v) is 13.2. The summed E-state index contributed by atoms with van der Waals surface area (Å²) in [5, 5.41) is 3.63. The minimum atomic E-state index is 0.338. The first-order valence-corrected chi connectivity index (χ1v) is 7.47. The Bertz CT molecular complexity index is 336. The van der Waals surface area contributed by atoms with E-state index < -0.39 is 0 Å². The Morgan fingerprint density at radius 2 is 1.63 bits per heavy atom. The smallest absolute Gasteiger partial charge is 0.0472 e. The molecule has 0 heterocycles. The summed E-state index contributed by atoms with van der Waals surface area (Å²) in [6, 6.07) is 11.3. The molecule has 0 aliphatic heterocycles. The van der Waals surface area contributed by atoms with Crippen molar-refractivity contribution in [2.45, 2.75) is 40.7 Å². The molecule has 1 rings (SSSR count). The van der Waals surface area contributed by atoms with Crippen LogP contribution in [0.2, 0.25) is 0 Å². The first-order chi connectivity index (χ1) is 8.98. The van der Waals surface area contributed by atoms with Gasteiger partial charge in [-0.15, -0.1) is 0 Å². The number of hydrogen-bond acceptors (Lipinski definition) is 2. The van der Waals surface area contributed by atoms with E-state index in [1.54, 1.807) is 0 Å². The molecule has 0 fully saturated rings. The van der Waals surface area contributed by atoms with Gasteiger partial charge < -0.3 is 5.32 Å². The summed E-state index contributed by atoms with van der Waals surface area (Å²) < 4.78 is 0. The standard InChI is InChI=1S/C17H30N2/c1-6-19(7-2)16(13-18-14-17(3,4)5)15-11-9-8-10-12-15/h8-12,16,18H,6-7,13-14H2,1-5H3. The maximum atomic E-state index is 3.63. The molecule has 0 aliphatic carbocycles. The summed E-state index contributed by atoms with van der Waals surface area (Å²) in [7, 11) is 0. The third kappa shape index (κ3) is 5.75. The van der Waals surface area contributed by atoms with Crippen molar-refractivity contribution in [2.75, 3.05) is 26.2 Å². The maximum Gasteiger partial charge on any atom is 0.0472 e. The van der Waals surface area contributed by atoms with Gasteiger partial charge in [-0.05, 0) is 24.1 Å². The lowest BCUT2D eigenvalue weighted by atomic mass is 9.96. The van der Waals surface area contributed by atoms with E-state index in [0.29, 0.717) is 11.5 Å². The first kappa shape index (κ1) is 16.2. The number of rotatable bonds is 7. The molecule has 0 spiro atoms. The van der Waals surface area contributed by atoms with Crippen LogP contribution >= 0.6 is 0 Å². The molecule has 0 bridgehead atoms. The van der Waals surface area contributed by atoms with Crippen LogP contribution in [0.1, 0.15) is 46.2 Å². The predicted molar refractivity (Wildman–Crippen MR) is 84.4 cm³/mol. The van der Waals surface area contributed by atoms with Crippen molar-refractivity contribution in [1.82, 2.24) is 10.2 Å². The van der Waals surface area contributed by atoms with E-state index >= 15 is 0 Å². The average Bonchev–Trinajstić information content (AvgIpc) is 2.38. The highest BCUT2D eigenvalue weighted by Crippen LogP contribution is 2.20. The van der Waals surface area contributed by atoms with Gasteiger partial charge in [0.15, 0.2) is 0 Å². The normalized spacial score (nSPS) is 13.8. The van der Waals surface area contributed by atoms with Crippen LogP contribution in [0, 0.1) is 5.41 Å². The third-order valence-corrected chi connectivity index (χ3v) is 3.43. The van der Waals surface area contributed by atoms with Gasteiger partial charge in [0.05, 0.1) is 0 Å². The molecular weight excluding hydrogens is 232 g/mol. The number of benzene rings is 1. The zero-order chi connectivity index (χ0) is 14.3. The summed E-state index contributed by atoms with van der Waals surface area (Å²) in [6.07, 6.45) is 0. The minimum absolute atomic E-state index is 0.338. The molecule has 2 heteroatoms. The van der Waals surface area contributed by atoms with E-state index in [9.17, 15) is 0 Å². The predicted octanol–water partition coefficient (Wildman–Crippen LogP) is 3.71. The summed E-state index contributed by atoms with van der Waals surface area (Å²) in [4.78, 5) is 2.52. The van der Waals surface area contributed by atoms with Crippen molar-refractivity contribution in [2.24, 2.45) is 5.41 Å². The number of hydrogen-bond donors (Lipinski definition) is 1. The number of nitrogens with one attached hydrogen (secondary N) is 1. The highest BCUT2D eigenvalue weighted by molar-refractivity contribution is 5.19. The lowest BCUT2D eigenvalue weighted by Crippen LogP contribution is -2.38. The summed E-state index contributed by atoms with van der Waals surface area (Å²) in [5.74, 6) is 0. The molecular formula is C17H30N2. The second kappa shape index (κ2) is 7.66. The Hall–Kier alpha value is -0.860. The quantitative estimate of drug-likeness (QED) is 0.806.